The first-order valence-electron chi connectivity index (χ1n) is 9.35. The van der Waals surface area contributed by atoms with Crippen LogP contribution in [0, 0.1) is 5.92 Å². The number of hydrogen-bond donors (Lipinski definition) is 1. The van der Waals surface area contributed by atoms with Gasteiger partial charge in [0, 0.05) is 18.2 Å². The van der Waals surface area contributed by atoms with Crippen molar-refractivity contribution in [2.45, 2.75) is 31.5 Å². The lowest BCUT2D eigenvalue weighted by Gasteiger charge is -2.26. The Bertz CT molecular complexity index is 813. The molecule has 3 aliphatic heterocycles. The van der Waals surface area contributed by atoms with Crippen LogP contribution in [0.5, 0.6) is 10.8 Å². The van der Waals surface area contributed by atoms with Crippen LogP contribution < -0.4 is 10.1 Å². The predicted molar refractivity (Wildman–Crippen MR) is 101 cm³/mol. The van der Waals surface area contributed by atoms with Crippen LogP contribution in [0.4, 0.5) is 13.2 Å². The minimum atomic E-state index is -4.37. The van der Waals surface area contributed by atoms with E-state index >= 15 is 0 Å². The lowest BCUT2D eigenvalue weighted by atomic mass is 9.94. The molecule has 1 aromatic carbocycles. The van der Waals surface area contributed by atoms with E-state index in [4.69, 9.17) is 4.74 Å². The Morgan fingerprint density at radius 3 is 2.46 bits per heavy atom. The standard InChI is InChI=1S/C20H21F3N2O2S/c21-20(22,23)17-5-6-18(28-17)27-16-3-1-14(2-4-16)19(26)24-15-11-13-7-9-25(12-15)10-8-13/h1-6,13,15H,7-12H2,(H,24,26). The second-order valence-electron chi connectivity index (χ2n) is 7.39. The van der Waals surface area contributed by atoms with Gasteiger partial charge in [-0.05, 0) is 74.7 Å². The molecule has 1 aromatic heterocycles. The SMILES string of the molecule is O=C(NC1CC2CCN(CC2)C1)c1ccc(Oc2ccc(C(F)(F)F)s2)cc1. The van der Waals surface area contributed by atoms with Crippen LogP contribution in [0.2, 0.25) is 0 Å². The molecule has 3 fully saturated rings. The van der Waals surface area contributed by atoms with Crippen molar-refractivity contribution >= 4 is 17.2 Å². The third-order valence-electron chi connectivity index (χ3n) is 5.33. The monoisotopic (exact) mass is 410 g/mol. The number of nitrogens with zero attached hydrogens (tertiary/aromatic N) is 1. The average molecular weight is 410 g/mol. The predicted octanol–water partition coefficient (Wildman–Crippen LogP) is 4.77. The normalized spacial score (nSPS) is 24.6. The van der Waals surface area contributed by atoms with Gasteiger partial charge in [0.05, 0.1) is 0 Å². The van der Waals surface area contributed by atoms with Gasteiger partial charge in [-0.1, -0.05) is 11.3 Å². The highest BCUT2D eigenvalue weighted by Crippen LogP contribution is 2.39. The summed E-state index contributed by atoms with van der Waals surface area (Å²) in [4.78, 5) is 14.3. The number of rotatable bonds is 4. The molecule has 1 atom stereocenters. The number of amides is 1. The van der Waals surface area contributed by atoms with Gasteiger partial charge in [0.1, 0.15) is 10.6 Å². The molecule has 1 amide bonds. The maximum absolute atomic E-state index is 12.7. The molecule has 0 spiro atoms. The minimum Gasteiger partial charge on any atom is -0.447 e. The lowest BCUT2D eigenvalue weighted by Crippen LogP contribution is -2.41. The molecule has 3 saturated heterocycles. The van der Waals surface area contributed by atoms with Crippen molar-refractivity contribution in [2.75, 3.05) is 19.6 Å². The second-order valence-corrected chi connectivity index (χ2v) is 8.44. The number of hydrogen-bond acceptors (Lipinski definition) is 4. The molecule has 4 heterocycles. The van der Waals surface area contributed by atoms with E-state index in [2.05, 4.69) is 10.2 Å². The number of thiophene rings is 1. The van der Waals surface area contributed by atoms with E-state index in [9.17, 15) is 18.0 Å². The van der Waals surface area contributed by atoms with Crippen LogP contribution in [-0.4, -0.2) is 36.5 Å². The zero-order valence-corrected chi connectivity index (χ0v) is 16.0. The van der Waals surface area contributed by atoms with Crippen LogP contribution in [0.3, 0.4) is 0 Å². The maximum Gasteiger partial charge on any atom is 0.425 e. The summed E-state index contributed by atoms with van der Waals surface area (Å²) in [5, 5.41) is 3.28. The van der Waals surface area contributed by atoms with E-state index in [1.165, 1.54) is 18.9 Å². The number of piperidine rings is 1. The first-order valence-corrected chi connectivity index (χ1v) is 10.2. The second kappa shape index (κ2) is 7.75. The van der Waals surface area contributed by atoms with Crippen molar-refractivity contribution < 1.29 is 22.7 Å². The fourth-order valence-electron chi connectivity index (χ4n) is 3.88. The van der Waals surface area contributed by atoms with Crippen LogP contribution in [0.1, 0.15) is 34.5 Å². The van der Waals surface area contributed by atoms with Gasteiger partial charge in [-0.2, -0.15) is 13.2 Å². The highest BCUT2D eigenvalue weighted by Gasteiger charge is 2.33. The summed E-state index contributed by atoms with van der Waals surface area (Å²) < 4.78 is 43.4. The molecule has 2 aromatic rings. The summed E-state index contributed by atoms with van der Waals surface area (Å²) in [5.41, 5.74) is 0.515. The molecule has 5 rings (SSSR count). The van der Waals surface area contributed by atoms with Gasteiger partial charge in [0.15, 0.2) is 5.06 Å². The van der Waals surface area contributed by atoms with Crippen molar-refractivity contribution in [3.05, 3.63) is 46.8 Å². The van der Waals surface area contributed by atoms with E-state index in [1.54, 1.807) is 24.3 Å². The Morgan fingerprint density at radius 1 is 1.11 bits per heavy atom. The Kier molecular flexibility index (Phi) is 5.33. The van der Waals surface area contributed by atoms with Crippen molar-refractivity contribution in [3.8, 4) is 10.8 Å². The van der Waals surface area contributed by atoms with Gasteiger partial charge in [-0.3, -0.25) is 4.79 Å². The van der Waals surface area contributed by atoms with Crippen molar-refractivity contribution in [3.63, 3.8) is 0 Å². The number of ether oxygens (including phenoxy) is 1. The zero-order chi connectivity index (χ0) is 19.7. The fraction of sp³-hybridized carbons (Fsp3) is 0.450. The van der Waals surface area contributed by atoms with Crippen LogP contribution >= 0.6 is 11.3 Å². The maximum atomic E-state index is 12.7. The van der Waals surface area contributed by atoms with Crippen LogP contribution in [0.15, 0.2) is 36.4 Å². The molecular weight excluding hydrogens is 389 g/mol. The van der Waals surface area contributed by atoms with Crippen LogP contribution in [0.25, 0.3) is 0 Å². The van der Waals surface area contributed by atoms with E-state index < -0.39 is 11.1 Å². The van der Waals surface area contributed by atoms with Gasteiger partial charge in [-0.25, -0.2) is 0 Å². The molecule has 3 aliphatic rings. The molecule has 8 heteroatoms. The first-order chi connectivity index (χ1) is 13.4. The third-order valence-corrected chi connectivity index (χ3v) is 6.34. The summed E-state index contributed by atoms with van der Waals surface area (Å²) in [6.07, 6.45) is -0.944. The first kappa shape index (κ1) is 19.3. The van der Waals surface area contributed by atoms with E-state index in [1.807, 2.05) is 0 Å². The number of alkyl halides is 3. The Hall–Kier alpha value is -2.06. The number of carbonyl (C=O) groups is 1. The van der Waals surface area contributed by atoms with Gasteiger partial charge in [0.25, 0.3) is 5.91 Å². The van der Waals surface area contributed by atoms with Gasteiger partial charge in [-0.15, -0.1) is 0 Å². The molecule has 150 valence electrons. The fourth-order valence-corrected chi connectivity index (χ4v) is 4.63. The quantitative estimate of drug-likeness (QED) is 0.789. The van der Waals surface area contributed by atoms with Crippen molar-refractivity contribution in [1.29, 1.82) is 0 Å². The largest absolute Gasteiger partial charge is 0.447 e. The smallest absolute Gasteiger partial charge is 0.425 e. The summed E-state index contributed by atoms with van der Waals surface area (Å²) in [6, 6.07) is 8.92. The third kappa shape index (κ3) is 4.50. The molecule has 1 N–H and O–H groups in total. The Balaban J connectivity index is 1.36. The molecule has 2 bridgehead atoms. The molecular formula is C20H21F3N2O2S. The molecule has 4 nitrogen and oxygen atoms in total. The lowest BCUT2D eigenvalue weighted by molar-refractivity contribution is -0.134. The number of halogens is 3. The van der Waals surface area contributed by atoms with E-state index in [0.29, 0.717) is 28.6 Å². The average Bonchev–Trinajstić information content (AvgIpc) is 2.95. The highest BCUT2D eigenvalue weighted by atomic mass is 32.1. The number of fused-ring (bicyclic) bond motifs is 4. The molecule has 0 aliphatic carbocycles. The molecule has 1 unspecified atom stereocenters. The summed E-state index contributed by atoms with van der Waals surface area (Å²) in [5.74, 6) is 0.951. The van der Waals surface area contributed by atoms with E-state index in [-0.39, 0.29) is 17.0 Å². The van der Waals surface area contributed by atoms with Gasteiger partial charge < -0.3 is 15.0 Å². The van der Waals surface area contributed by atoms with Gasteiger partial charge in [0.2, 0.25) is 0 Å². The number of nitrogens with one attached hydrogen (secondary N) is 1. The Labute approximate surface area is 165 Å². The minimum absolute atomic E-state index is 0.130. The number of carbonyl (C=O) groups excluding carboxylic acids is 1. The summed E-state index contributed by atoms with van der Waals surface area (Å²) in [6.45, 7) is 3.12. The van der Waals surface area contributed by atoms with E-state index in [0.717, 1.165) is 32.1 Å². The molecule has 0 saturated carbocycles. The topological polar surface area (TPSA) is 41.6 Å². The highest BCUT2D eigenvalue weighted by molar-refractivity contribution is 7.13. The molecule has 0 radical (unpaired) electrons. The summed E-state index contributed by atoms with van der Waals surface area (Å²) in [7, 11) is 0. The Morgan fingerprint density at radius 2 is 1.82 bits per heavy atom. The summed E-state index contributed by atoms with van der Waals surface area (Å²) >= 11 is 0.546. The van der Waals surface area contributed by atoms with Crippen molar-refractivity contribution in [2.24, 2.45) is 5.92 Å². The zero-order valence-electron chi connectivity index (χ0n) is 15.2. The van der Waals surface area contributed by atoms with Gasteiger partial charge >= 0.3 is 6.18 Å². The van der Waals surface area contributed by atoms with Crippen molar-refractivity contribution in [1.82, 2.24) is 10.2 Å². The van der Waals surface area contributed by atoms with Crippen LogP contribution in [-0.2, 0) is 6.18 Å². The number of benzene rings is 1. The molecule has 28 heavy (non-hydrogen) atoms.